The SMILES string of the molecule is Nc1ccccc1NC(=O)CCCCCCCNc1nc2ccccc2nc1-c1nc2ccccc2o1. The standard InChI is InChI=1S/C29H30N6O2/c30-20-12-5-6-13-21(20)32-26(36)18-4-2-1-3-11-19-31-28-27(33-22-14-7-8-15-23(22)34-28)29-35-24-16-9-10-17-25(24)37-29/h5-10,12-17H,1-4,11,18-19,30H2,(H,31,34)(H,32,36). The van der Waals surface area contributed by atoms with Crippen molar-refractivity contribution in [2.75, 3.05) is 22.9 Å². The number of carbonyl (C=O) groups is 1. The Morgan fingerprint density at radius 1 is 0.757 bits per heavy atom. The van der Waals surface area contributed by atoms with Crippen LogP contribution in [0.15, 0.2) is 77.2 Å². The van der Waals surface area contributed by atoms with Crippen LogP contribution in [0.1, 0.15) is 38.5 Å². The fraction of sp³-hybridized carbons (Fsp3) is 0.241. The topological polar surface area (TPSA) is 119 Å². The first-order valence-electron chi connectivity index (χ1n) is 12.7. The molecule has 0 unspecified atom stereocenters. The molecule has 1 amide bonds. The summed E-state index contributed by atoms with van der Waals surface area (Å²) in [5.74, 6) is 1.13. The van der Waals surface area contributed by atoms with Crippen LogP contribution in [0.5, 0.6) is 0 Å². The number of nitrogens with zero attached hydrogens (tertiary/aromatic N) is 3. The van der Waals surface area contributed by atoms with Gasteiger partial charge in [0.25, 0.3) is 0 Å². The van der Waals surface area contributed by atoms with Crippen molar-refractivity contribution in [3.8, 4) is 11.6 Å². The van der Waals surface area contributed by atoms with Crippen molar-refractivity contribution in [2.24, 2.45) is 0 Å². The average Bonchev–Trinajstić information content (AvgIpc) is 3.35. The molecular formula is C29H30N6O2. The Morgan fingerprint density at radius 2 is 1.43 bits per heavy atom. The molecule has 0 aliphatic carbocycles. The highest BCUT2D eigenvalue weighted by Gasteiger charge is 2.17. The summed E-state index contributed by atoms with van der Waals surface area (Å²) in [6.07, 6.45) is 5.44. The number of hydrogen-bond acceptors (Lipinski definition) is 7. The number of unbranched alkanes of at least 4 members (excludes halogenated alkanes) is 4. The monoisotopic (exact) mass is 494 g/mol. The van der Waals surface area contributed by atoms with Gasteiger partial charge in [-0.25, -0.2) is 15.0 Å². The van der Waals surface area contributed by atoms with E-state index >= 15 is 0 Å². The van der Waals surface area contributed by atoms with Crippen LogP contribution in [0.4, 0.5) is 17.2 Å². The number of nitrogen functional groups attached to an aromatic ring is 1. The molecule has 0 spiro atoms. The van der Waals surface area contributed by atoms with Crippen molar-refractivity contribution < 1.29 is 9.21 Å². The zero-order valence-corrected chi connectivity index (χ0v) is 20.6. The van der Waals surface area contributed by atoms with Gasteiger partial charge in [-0.05, 0) is 49.2 Å². The van der Waals surface area contributed by atoms with Crippen LogP contribution in [0.25, 0.3) is 33.7 Å². The second kappa shape index (κ2) is 11.5. The largest absolute Gasteiger partial charge is 0.435 e. The first-order valence-corrected chi connectivity index (χ1v) is 12.7. The molecule has 37 heavy (non-hydrogen) atoms. The van der Waals surface area contributed by atoms with Gasteiger partial charge in [-0.1, -0.05) is 55.7 Å². The van der Waals surface area contributed by atoms with Crippen LogP contribution >= 0.6 is 0 Å². The second-order valence-electron chi connectivity index (χ2n) is 8.98. The van der Waals surface area contributed by atoms with Crippen molar-refractivity contribution in [3.63, 3.8) is 0 Å². The molecule has 0 fully saturated rings. The Labute approximate surface area is 215 Å². The van der Waals surface area contributed by atoms with E-state index in [1.807, 2.05) is 66.7 Å². The number of fused-ring (bicyclic) bond motifs is 2. The van der Waals surface area contributed by atoms with Gasteiger partial charge in [0.1, 0.15) is 5.52 Å². The summed E-state index contributed by atoms with van der Waals surface area (Å²) in [7, 11) is 0. The second-order valence-corrected chi connectivity index (χ2v) is 8.98. The number of nitrogens with one attached hydrogen (secondary N) is 2. The van der Waals surface area contributed by atoms with E-state index in [1.165, 1.54) is 0 Å². The molecule has 0 aliphatic heterocycles. The Morgan fingerprint density at radius 3 is 2.24 bits per heavy atom. The summed E-state index contributed by atoms with van der Waals surface area (Å²) < 4.78 is 5.99. The number of aromatic nitrogens is 3. The summed E-state index contributed by atoms with van der Waals surface area (Å²) >= 11 is 0. The van der Waals surface area contributed by atoms with Gasteiger partial charge in [0, 0.05) is 13.0 Å². The molecule has 8 nitrogen and oxygen atoms in total. The Kier molecular flexibility index (Phi) is 7.55. The van der Waals surface area contributed by atoms with E-state index in [0.29, 0.717) is 35.2 Å². The Bertz CT molecular complexity index is 1480. The van der Waals surface area contributed by atoms with Crippen molar-refractivity contribution >= 4 is 45.2 Å². The number of nitrogens with two attached hydrogens (primary N) is 1. The van der Waals surface area contributed by atoms with Crippen molar-refractivity contribution in [1.29, 1.82) is 0 Å². The highest BCUT2D eigenvalue weighted by atomic mass is 16.3. The molecule has 188 valence electrons. The molecule has 4 N–H and O–H groups in total. The molecule has 0 atom stereocenters. The van der Waals surface area contributed by atoms with Crippen LogP contribution in [0, 0.1) is 0 Å². The van der Waals surface area contributed by atoms with Crippen LogP contribution < -0.4 is 16.4 Å². The molecule has 0 saturated heterocycles. The lowest BCUT2D eigenvalue weighted by Gasteiger charge is -2.10. The first-order chi connectivity index (χ1) is 18.2. The number of benzene rings is 3. The van der Waals surface area contributed by atoms with E-state index < -0.39 is 0 Å². The molecule has 5 aromatic rings. The number of oxazole rings is 1. The predicted molar refractivity (Wildman–Crippen MR) is 148 cm³/mol. The lowest BCUT2D eigenvalue weighted by molar-refractivity contribution is -0.116. The maximum Gasteiger partial charge on any atom is 0.250 e. The molecular weight excluding hydrogens is 464 g/mol. The number of anilines is 3. The molecule has 0 bridgehead atoms. The lowest BCUT2D eigenvalue weighted by Crippen LogP contribution is -2.12. The number of amides is 1. The Balaban J connectivity index is 1.12. The van der Waals surface area contributed by atoms with Gasteiger partial charge in [0.2, 0.25) is 11.8 Å². The van der Waals surface area contributed by atoms with Crippen LogP contribution in [-0.2, 0) is 4.79 Å². The maximum atomic E-state index is 12.2. The van der Waals surface area contributed by atoms with Gasteiger partial charge in [-0.2, -0.15) is 0 Å². The maximum absolute atomic E-state index is 12.2. The van der Waals surface area contributed by atoms with Crippen molar-refractivity contribution in [3.05, 3.63) is 72.8 Å². The van der Waals surface area contributed by atoms with E-state index in [0.717, 1.165) is 60.8 Å². The normalized spacial score (nSPS) is 11.1. The summed E-state index contributed by atoms with van der Waals surface area (Å²) in [6.45, 7) is 0.758. The fourth-order valence-electron chi connectivity index (χ4n) is 4.22. The van der Waals surface area contributed by atoms with Crippen LogP contribution in [0.3, 0.4) is 0 Å². The van der Waals surface area contributed by atoms with Gasteiger partial charge in [-0.3, -0.25) is 4.79 Å². The van der Waals surface area contributed by atoms with Crippen LogP contribution in [0.2, 0.25) is 0 Å². The third kappa shape index (κ3) is 6.03. The molecule has 5 rings (SSSR count). The van der Waals surface area contributed by atoms with E-state index in [-0.39, 0.29) is 5.91 Å². The van der Waals surface area contributed by atoms with Gasteiger partial charge < -0.3 is 20.8 Å². The smallest absolute Gasteiger partial charge is 0.250 e. The minimum Gasteiger partial charge on any atom is -0.435 e. The molecule has 0 aliphatic rings. The molecule has 0 radical (unpaired) electrons. The number of para-hydroxylation sites is 6. The third-order valence-corrected chi connectivity index (χ3v) is 6.17. The summed E-state index contributed by atoms with van der Waals surface area (Å²) in [5, 5.41) is 6.32. The highest BCUT2D eigenvalue weighted by Crippen LogP contribution is 2.29. The van der Waals surface area contributed by atoms with E-state index in [1.54, 1.807) is 6.07 Å². The highest BCUT2D eigenvalue weighted by molar-refractivity contribution is 5.93. The molecule has 2 heterocycles. The summed E-state index contributed by atoms with van der Waals surface area (Å²) in [6, 6.07) is 22.8. The van der Waals surface area contributed by atoms with Crippen molar-refractivity contribution in [2.45, 2.75) is 38.5 Å². The molecule has 0 saturated carbocycles. The van der Waals surface area contributed by atoms with Gasteiger partial charge in [0.05, 0.1) is 22.4 Å². The number of hydrogen-bond donors (Lipinski definition) is 3. The lowest BCUT2D eigenvalue weighted by atomic mass is 10.1. The minimum atomic E-state index is 0.00108. The summed E-state index contributed by atoms with van der Waals surface area (Å²) in [5.41, 5.74) is 10.9. The van der Waals surface area contributed by atoms with Gasteiger partial charge in [0.15, 0.2) is 17.1 Å². The minimum absolute atomic E-state index is 0.00108. The van der Waals surface area contributed by atoms with Crippen LogP contribution in [-0.4, -0.2) is 27.4 Å². The Hall–Kier alpha value is -4.46. The number of rotatable bonds is 11. The van der Waals surface area contributed by atoms with Gasteiger partial charge >= 0.3 is 0 Å². The molecule has 2 aromatic heterocycles. The quantitative estimate of drug-likeness (QED) is 0.143. The number of carbonyl (C=O) groups excluding carboxylic acids is 1. The van der Waals surface area contributed by atoms with E-state index in [4.69, 9.17) is 20.1 Å². The van der Waals surface area contributed by atoms with Crippen molar-refractivity contribution in [1.82, 2.24) is 15.0 Å². The fourth-order valence-corrected chi connectivity index (χ4v) is 4.22. The zero-order valence-electron chi connectivity index (χ0n) is 20.6. The predicted octanol–water partition coefficient (Wildman–Crippen LogP) is 6.41. The van der Waals surface area contributed by atoms with E-state index in [2.05, 4.69) is 15.6 Å². The zero-order chi connectivity index (χ0) is 25.5. The molecule has 8 heteroatoms. The third-order valence-electron chi connectivity index (χ3n) is 6.17. The molecule has 3 aromatic carbocycles. The van der Waals surface area contributed by atoms with Gasteiger partial charge in [-0.15, -0.1) is 0 Å². The summed E-state index contributed by atoms with van der Waals surface area (Å²) in [4.78, 5) is 26.4. The average molecular weight is 495 g/mol. The first kappa shape index (κ1) is 24.2. The van der Waals surface area contributed by atoms with E-state index in [9.17, 15) is 4.79 Å².